The topological polar surface area (TPSA) is 70.7 Å². The zero-order valence-corrected chi connectivity index (χ0v) is 15.8. The summed E-state index contributed by atoms with van der Waals surface area (Å²) >= 11 is 0. The van der Waals surface area contributed by atoms with Crippen LogP contribution in [-0.4, -0.2) is 61.6 Å². The highest BCUT2D eigenvalue weighted by molar-refractivity contribution is 5.89. The van der Waals surface area contributed by atoms with Crippen LogP contribution in [-0.2, 0) is 14.3 Å². The average Bonchev–Trinajstić information content (AvgIpc) is 3.11. The molecule has 1 saturated carbocycles. The standard InChI is InChI=1S/C18H31N3O3.ClH/c22-17(20-12-14-5-2-1-3-6-14)11-16-18(23)21(9-8-19-16)13-15-7-4-10-24-15;/h14-16,19H,1-13H2,(H,20,22);1H. The fourth-order valence-corrected chi connectivity index (χ4v) is 4.07. The van der Waals surface area contributed by atoms with Gasteiger partial charge in [0.1, 0.15) is 0 Å². The smallest absolute Gasteiger partial charge is 0.240 e. The minimum absolute atomic E-state index is 0. The van der Waals surface area contributed by atoms with E-state index < -0.39 is 0 Å². The molecule has 2 atom stereocenters. The number of nitrogens with zero attached hydrogens (tertiary/aromatic N) is 1. The highest BCUT2D eigenvalue weighted by Gasteiger charge is 2.32. The predicted molar refractivity (Wildman–Crippen MR) is 98.8 cm³/mol. The first-order valence-electron chi connectivity index (χ1n) is 9.63. The lowest BCUT2D eigenvalue weighted by Gasteiger charge is -2.34. The number of rotatable bonds is 6. The molecule has 6 nitrogen and oxygen atoms in total. The summed E-state index contributed by atoms with van der Waals surface area (Å²) in [7, 11) is 0. The number of carbonyl (C=O) groups is 2. The lowest BCUT2D eigenvalue weighted by atomic mass is 9.89. The maximum Gasteiger partial charge on any atom is 0.240 e. The van der Waals surface area contributed by atoms with Gasteiger partial charge >= 0.3 is 0 Å². The quantitative estimate of drug-likeness (QED) is 0.739. The van der Waals surface area contributed by atoms with Gasteiger partial charge in [-0.05, 0) is 31.6 Å². The van der Waals surface area contributed by atoms with Gasteiger partial charge in [-0.15, -0.1) is 12.4 Å². The molecule has 2 aliphatic heterocycles. The van der Waals surface area contributed by atoms with E-state index in [-0.39, 0.29) is 42.8 Å². The van der Waals surface area contributed by atoms with E-state index in [1.54, 1.807) is 0 Å². The minimum atomic E-state index is -0.383. The van der Waals surface area contributed by atoms with Crippen molar-refractivity contribution in [2.45, 2.75) is 63.5 Å². The highest BCUT2D eigenvalue weighted by Crippen LogP contribution is 2.22. The van der Waals surface area contributed by atoms with Crippen molar-refractivity contribution < 1.29 is 14.3 Å². The number of hydrogen-bond acceptors (Lipinski definition) is 4. The van der Waals surface area contributed by atoms with Gasteiger partial charge in [0.05, 0.1) is 18.6 Å². The first kappa shape index (κ1) is 20.5. The van der Waals surface area contributed by atoms with E-state index in [1.165, 1.54) is 32.1 Å². The molecule has 0 bridgehead atoms. The second-order valence-electron chi connectivity index (χ2n) is 7.44. The van der Waals surface area contributed by atoms with Crippen molar-refractivity contribution in [2.24, 2.45) is 5.92 Å². The Morgan fingerprint density at radius 3 is 2.72 bits per heavy atom. The van der Waals surface area contributed by atoms with E-state index in [2.05, 4.69) is 10.6 Å². The molecule has 2 amide bonds. The van der Waals surface area contributed by atoms with Crippen molar-refractivity contribution in [2.75, 3.05) is 32.8 Å². The molecule has 2 heterocycles. The SMILES string of the molecule is Cl.O=C(CC1NCCN(CC2CCCO2)C1=O)NCC1CCCCC1. The van der Waals surface area contributed by atoms with Crippen LogP contribution in [0.15, 0.2) is 0 Å². The molecule has 0 aromatic rings. The van der Waals surface area contributed by atoms with E-state index in [9.17, 15) is 9.59 Å². The van der Waals surface area contributed by atoms with Crippen molar-refractivity contribution in [1.82, 2.24) is 15.5 Å². The van der Waals surface area contributed by atoms with Gasteiger partial charge in [-0.3, -0.25) is 9.59 Å². The van der Waals surface area contributed by atoms with Crippen LogP contribution in [0.4, 0.5) is 0 Å². The molecule has 3 fully saturated rings. The Labute approximate surface area is 156 Å². The fraction of sp³-hybridized carbons (Fsp3) is 0.889. The molecule has 0 radical (unpaired) electrons. The zero-order valence-electron chi connectivity index (χ0n) is 15.0. The van der Waals surface area contributed by atoms with Gasteiger partial charge in [0.2, 0.25) is 11.8 Å². The number of carbonyl (C=O) groups excluding carboxylic acids is 2. The van der Waals surface area contributed by atoms with Crippen LogP contribution < -0.4 is 10.6 Å². The van der Waals surface area contributed by atoms with Crippen molar-refractivity contribution in [3.63, 3.8) is 0 Å². The molecule has 25 heavy (non-hydrogen) atoms. The molecule has 0 spiro atoms. The summed E-state index contributed by atoms with van der Waals surface area (Å²) in [5, 5.41) is 6.23. The molecule has 0 aromatic carbocycles. The van der Waals surface area contributed by atoms with E-state index in [1.807, 2.05) is 4.90 Å². The van der Waals surface area contributed by atoms with Crippen molar-refractivity contribution in [3.05, 3.63) is 0 Å². The molecule has 0 aromatic heterocycles. The third-order valence-corrected chi connectivity index (χ3v) is 5.53. The van der Waals surface area contributed by atoms with Crippen LogP contribution in [0.1, 0.15) is 51.4 Å². The summed E-state index contributed by atoms with van der Waals surface area (Å²) in [6, 6.07) is -0.383. The van der Waals surface area contributed by atoms with Crippen LogP contribution in [0, 0.1) is 5.92 Å². The second kappa shape index (κ2) is 10.3. The van der Waals surface area contributed by atoms with E-state index in [0.29, 0.717) is 19.0 Å². The molecular formula is C18H32ClN3O3. The monoisotopic (exact) mass is 373 g/mol. The van der Waals surface area contributed by atoms with Crippen LogP contribution in [0.5, 0.6) is 0 Å². The van der Waals surface area contributed by atoms with Gasteiger partial charge in [0, 0.05) is 32.8 Å². The number of nitrogens with one attached hydrogen (secondary N) is 2. The van der Waals surface area contributed by atoms with E-state index in [0.717, 1.165) is 32.5 Å². The third kappa shape index (κ3) is 6.12. The van der Waals surface area contributed by atoms with E-state index >= 15 is 0 Å². The van der Waals surface area contributed by atoms with Gasteiger partial charge in [-0.1, -0.05) is 19.3 Å². The lowest BCUT2D eigenvalue weighted by Crippen LogP contribution is -2.57. The largest absolute Gasteiger partial charge is 0.376 e. The van der Waals surface area contributed by atoms with Crippen LogP contribution in [0.3, 0.4) is 0 Å². The van der Waals surface area contributed by atoms with Crippen molar-refractivity contribution in [1.29, 1.82) is 0 Å². The Hall–Kier alpha value is -0.850. The highest BCUT2D eigenvalue weighted by atomic mass is 35.5. The number of hydrogen-bond donors (Lipinski definition) is 2. The molecule has 3 aliphatic rings. The van der Waals surface area contributed by atoms with Crippen LogP contribution >= 0.6 is 12.4 Å². The summed E-state index contributed by atoms with van der Waals surface area (Å²) in [6.45, 7) is 3.69. The summed E-state index contributed by atoms with van der Waals surface area (Å²) in [5.74, 6) is 0.656. The molecule has 1 aliphatic carbocycles. The summed E-state index contributed by atoms with van der Waals surface area (Å²) in [6.07, 6.45) is 8.85. The first-order valence-corrected chi connectivity index (χ1v) is 9.63. The van der Waals surface area contributed by atoms with Crippen LogP contribution in [0.2, 0.25) is 0 Å². The molecule has 2 unspecified atom stereocenters. The van der Waals surface area contributed by atoms with Crippen molar-refractivity contribution >= 4 is 24.2 Å². The first-order chi connectivity index (χ1) is 11.7. The maximum atomic E-state index is 12.6. The van der Waals surface area contributed by atoms with Gasteiger partial charge in [-0.25, -0.2) is 0 Å². The van der Waals surface area contributed by atoms with Gasteiger partial charge < -0.3 is 20.3 Å². The number of ether oxygens (including phenoxy) is 1. The van der Waals surface area contributed by atoms with Gasteiger partial charge in [0.25, 0.3) is 0 Å². The minimum Gasteiger partial charge on any atom is -0.376 e. The average molecular weight is 374 g/mol. The van der Waals surface area contributed by atoms with Crippen LogP contribution in [0.25, 0.3) is 0 Å². The Kier molecular flexibility index (Phi) is 8.46. The number of halogens is 1. The summed E-state index contributed by atoms with van der Waals surface area (Å²) < 4.78 is 5.63. The van der Waals surface area contributed by atoms with Gasteiger partial charge in [0.15, 0.2) is 0 Å². The predicted octanol–water partition coefficient (Wildman–Crippen LogP) is 1.47. The molecule has 2 N–H and O–H groups in total. The Morgan fingerprint density at radius 1 is 1.20 bits per heavy atom. The normalized spacial score (nSPS) is 27.8. The number of piperazine rings is 1. The molecule has 2 saturated heterocycles. The Morgan fingerprint density at radius 2 is 2.00 bits per heavy atom. The maximum absolute atomic E-state index is 12.6. The van der Waals surface area contributed by atoms with Crippen molar-refractivity contribution in [3.8, 4) is 0 Å². The zero-order chi connectivity index (χ0) is 16.8. The Bertz CT molecular complexity index is 437. The lowest BCUT2D eigenvalue weighted by molar-refractivity contribution is -0.139. The summed E-state index contributed by atoms with van der Waals surface area (Å²) in [5.41, 5.74) is 0. The number of amides is 2. The summed E-state index contributed by atoms with van der Waals surface area (Å²) in [4.78, 5) is 26.7. The Balaban J connectivity index is 0.00000225. The molecule has 144 valence electrons. The molecule has 7 heteroatoms. The third-order valence-electron chi connectivity index (χ3n) is 5.53. The van der Waals surface area contributed by atoms with E-state index in [4.69, 9.17) is 4.74 Å². The van der Waals surface area contributed by atoms with Gasteiger partial charge in [-0.2, -0.15) is 0 Å². The molecule has 3 rings (SSSR count). The second-order valence-corrected chi connectivity index (χ2v) is 7.44. The fourth-order valence-electron chi connectivity index (χ4n) is 4.07. The molecular weight excluding hydrogens is 342 g/mol.